The van der Waals surface area contributed by atoms with Crippen LogP contribution in [0.15, 0.2) is 22.7 Å². The smallest absolute Gasteiger partial charge is 0.133 e. The first-order chi connectivity index (χ1) is 9.77. The van der Waals surface area contributed by atoms with Gasteiger partial charge < -0.3 is 19.5 Å². The van der Waals surface area contributed by atoms with Crippen LogP contribution in [0, 0.1) is 0 Å². The van der Waals surface area contributed by atoms with Gasteiger partial charge in [0, 0.05) is 26.9 Å². The number of hydrogen-bond acceptors (Lipinski definition) is 4. The second-order valence-corrected chi connectivity index (χ2v) is 5.21. The quantitative estimate of drug-likeness (QED) is 0.626. The van der Waals surface area contributed by atoms with Gasteiger partial charge >= 0.3 is 0 Å². The largest absolute Gasteiger partial charge is 0.490 e. The van der Waals surface area contributed by atoms with Crippen LogP contribution in [0.4, 0.5) is 0 Å². The lowest BCUT2D eigenvalue weighted by atomic mass is 10.2. The molecule has 0 amide bonds. The second kappa shape index (κ2) is 11.1. The van der Waals surface area contributed by atoms with E-state index in [1.54, 1.807) is 7.11 Å². The summed E-state index contributed by atoms with van der Waals surface area (Å²) >= 11 is 3.53. The van der Waals surface area contributed by atoms with Crippen LogP contribution in [0.3, 0.4) is 0 Å². The third kappa shape index (κ3) is 7.24. The van der Waals surface area contributed by atoms with Crippen molar-refractivity contribution in [1.29, 1.82) is 0 Å². The minimum Gasteiger partial charge on any atom is -0.490 e. The molecule has 0 fully saturated rings. The van der Waals surface area contributed by atoms with Crippen LogP contribution in [0.1, 0.15) is 18.9 Å². The predicted octanol–water partition coefficient (Wildman–Crippen LogP) is 2.99. The predicted molar refractivity (Wildman–Crippen MR) is 84.3 cm³/mol. The SMILES string of the molecule is CCNCc1ccc(OCCOCCCOC)c(Br)c1. The van der Waals surface area contributed by atoms with Gasteiger partial charge in [-0.3, -0.25) is 0 Å². The minimum atomic E-state index is 0.554. The highest BCUT2D eigenvalue weighted by Gasteiger charge is 2.02. The number of nitrogens with one attached hydrogen (secondary N) is 1. The van der Waals surface area contributed by atoms with Gasteiger partial charge in [-0.1, -0.05) is 13.0 Å². The molecule has 0 atom stereocenters. The molecule has 0 spiro atoms. The van der Waals surface area contributed by atoms with Crippen LogP contribution >= 0.6 is 15.9 Å². The van der Waals surface area contributed by atoms with Crippen molar-refractivity contribution < 1.29 is 14.2 Å². The molecule has 114 valence electrons. The summed E-state index contributed by atoms with van der Waals surface area (Å²) in [6, 6.07) is 6.14. The zero-order valence-electron chi connectivity index (χ0n) is 12.3. The molecule has 1 rings (SSSR count). The molecule has 20 heavy (non-hydrogen) atoms. The fourth-order valence-electron chi connectivity index (χ4n) is 1.66. The molecule has 0 aromatic heterocycles. The highest BCUT2D eigenvalue weighted by Crippen LogP contribution is 2.25. The second-order valence-electron chi connectivity index (χ2n) is 4.35. The topological polar surface area (TPSA) is 39.7 Å². The molecule has 0 radical (unpaired) electrons. The van der Waals surface area contributed by atoms with Crippen molar-refractivity contribution in [2.75, 3.05) is 40.1 Å². The molecule has 0 aliphatic carbocycles. The van der Waals surface area contributed by atoms with E-state index < -0.39 is 0 Å². The first kappa shape index (κ1) is 17.4. The van der Waals surface area contributed by atoms with Crippen LogP contribution in [0.25, 0.3) is 0 Å². The normalized spacial score (nSPS) is 10.8. The van der Waals surface area contributed by atoms with Gasteiger partial charge in [0.1, 0.15) is 12.4 Å². The summed E-state index contributed by atoms with van der Waals surface area (Å²) in [5.74, 6) is 0.853. The van der Waals surface area contributed by atoms with E-state index in [4.69, 9.17) is 14.2 Å². The Morgan fingerprint density at radius 3 is 2.70 bits per heavy atom. The van der Waals surface area contributed by atoms with Gasteiger partial charge in [0.25, 0.3) is 0 Å². The van der Waals surface area contributed by atoms with E-state index in [2.05, 4.69) is 40.3 Å². The Morgan fingerprint density at radius 2 is 2.00 bits per heavy atom. The van der Waals surface area contributed by atoms with Gasteiger partial charge in [0.15, 0.2) is 0 Å². The summed E-state index contributed by atoms with van der Waals surface area (Å²) in [4.78, 5) is 0. The van der Waals surface area contributed by atoms with Crippen molar-refractivity contribution in [2.24, 2.45) is 0 Å². The van der Waals surface area contributed by atoms with E-state index in [1.165, 1.54) is 5.56 Å². The van der Waals surface area contributed by atoms with Crippen LogP contribution in [0.5, 0.6) is 5.75 Å². The molecule has 1 aromatic rings. The molecule has 0 aliphatic rings. The van der Waals surface area contributed by atoms with E-state index in [0.29, 0.717) is 19.8 Å². The van der Waals surface area contributed by atoms with Crippen molar-refractivity contribution in [3.05, 3.63) is 28.2 Å². The third-order valence-electron chi connectivity index (χ3n) is 2.70. The first-order valence-electron chi connectivity index (χ1n) is 6.96. The lowest BCUT2D eigenvalue weighted by molar-refractivity contribution is 0.0805. The summed E-state index contributed by atoms with van der Waals surface area (Å²) in [6.45, 7) is 6.53. The summed E-state index contributed by atoms with van der Waals surface area (Å²) < 4.78 is 17.1. The number of benzene rings is 1. The number of hydrogen-bond donors (Lipinski definition) is 1. The monoisotopic (exact) mass is 345 g/mol. The van der Waals surface area contributed by atoms with Crippen molar-refractivity contribution in [3.63, 3.8) is 0 Å². The van der Waals surface area contributed by atoms with Gasteiger partial charge in [-0.15, -0.1) is 0 Å². The van der Waals surface area contributed by atoms with Crippen molar-refractivity contribution in [3.8, 4) is 5.75 Å². The molecule has 0 saturated carbocycles. The van der Waals surface area contributed by atoms with Crippen LogP contribution in [-0.4, -0.2) is 40.1 Å². The first-order valence-corrected chi connectivity index (χ1v) is 7.75. The Bertz CT molecular complexity index is 374. The van der Waals surface area contributed by atoms with Crippen LogP contribution in [-0.2, 0) is 16.0 Å². The van der Waals surface area contributed by atoms with Gasteiger partial charge in [-0.2, -0.15) is 0 Å². The van der Waals surface area contributed by atoms with Crippen LogP contribution in [0.2, 0.25) is 0 Å². The highest BCUT2D eigenvalue weighted by molar-refractivity contribution is 9.10. The zero-order chi connectivity index (χ0) is 14.6. The van der Waals surface area contributed by atoms with E-state index in [0.717, 1.165) is 36.3 Å². The summed E-state index contributed by atoms with van der Waals surface area (Å²) in [5, 5.41) is 3.30. The molecule has 1 N–H and O–H groups in total. The zero-order valence-corrected chi connectivity index (χ0v) is 13.9. The maximum Gasteiger partial charge on any atom is 0.133 e. The van der Waals surface area contributed by atoms with Gasteiger partial charge in [-0.05, 0) is 46.6 Å². The summed E-state index contributed by atoms with van der Waals surface area (Å²) in [6.07, 6.45) is 0.916. The molecule has 0 unspecified atom stereocenters. The lowest BCUT2D eigenvalue weighted by Gasteiger charge is -2.10. The minimum absolute atomic E-state index is 0.554. The van der Waals surface area contributed by atoms with Gasteiger partial charge in [-0.25, -0.2) is 0 Å². The standard InChI is InChI=1S/C15H24BrNO3/c1-3-17-12-13-5-6-15(14(16)11-13)20-10-9-19-8-4-7-18-2/h5-6,11,17H,3-4,7-10,12H2,1-2H3. The Hall–Kier alpha value is -0.620. The van der Waals surface area contributed by atoms with Crippen molar-refractivity contribution in [2.45, 2.75) is 19.9 Å². The molecule has 0 bridgehead atoms. The maximum absolute atomic E-state index is 5.68. The Kier molecular flexibility index (Phi) is 9.66. The lowest BCUT2D eigenvalue weighted by Crippen LogP contribution is -2.12. The third-order valence-corrected chi connectivity index (χ3v) is 3.32. The Balaban J connectivity index is 2.23. The van der Waals surface area contributed by atoms with E-state index in [-0.39, 0.29) is 0 Å². The van der Waals surface area contributed by atoms with Gasteiger partial charge in [0.2, 0.25) is 0 Å². The number of methoxy groups -OCH3 is 1. The molecular weight excluding hydrogens is 322 g/mol. The van der Waals surface area contributed by atoms with Gasteiger partial charge in [0.05, 0.1) is 11.1 Å². The summed E-state index contributed by atoms with van der Waals surface area (Å²) in [5.41, 5.74) is 1.24. The average Bonchev–Trinajstić information content (AvgIpc) is 2.46. The number of ether oxygens (including phenoxy) is 3. The molecule has 0 aliphatic heterocycles. The van der Waals surface area contributed by atoms with E-state index >= 15 is 0 Å². The van der Waals surface area contributed by atoms with Crippen molar-refractivity contribution >= 4 is 15.9 Å². The molecule has 5 heteroatoms. The van der Waals surface area contributed by atoms with Crippen LogP contribution < -0.4 is 10.1 Å². The number of halogens is 1. The number of rotatable bonds is 11. The summed E-state index contributed by atoms with van der Waals surface area (Å²) in [7, 11) is 1.69. The van der Waals surface area contributed by atoms with E-state index in [9.17, 15) is 0 Å². The molecule has 0 heterocycles. The molecule has 4 nitrogen and oxygen atoms in total. The molecular formula is C15H24BrNO3. The fourth-order valence-corrected chi connectivity index (χ4v) is 2.20. The molecule has 0 saturated heterocycles. The Labute approximate surface area is 129 Å². The fraction of sp³-hybridized carbons (Fsp3) is 0.600. The molecule has 1 aromatic carbocycles. The van der Waals surface area contributed by atoms with Crippen molar-refractivity contribution in [1.82, 2.24) is 5.32 Å². The highest BCUT2D eigenvalue weighted by atomic mass is 79.9. The Morgan fingerprint density at radius 1 is 1.15 bits per heavy atom. The average molecular weight is 346 g/mol. The maximum atomic E-state index is 5.68. The van der Waals surface area contributed by atoms with E-state index in [1.807, 2.05) is 6.07 Å².